The maximum Gasteiger partial charge on any atom is 0.230 e. The Hall–Kier alpha value is -0.470. The minimum absolute atomic E-state index is 0.483. The summed E-state index contributed by atoms with van der Waals surface area (Å²) in [7, 11) is 1.64. The molecule has 0 saturated heterocycles. The van der Waals surface area contributed by atoms with E-state index in [2.05, 4.69) is 32.6 Å². The highest BCUT2D eigenvalue weighted by Crippen LogP contribution is 2.14. The van der Waals surface area contributed by atoms with Crippen molar-refractivity contribution in [3.05, 3.63) is 16.1 Å². The van der Waals surface area contributed by atoms with Gasteiger partial charge >= 0.3 is 0 Å². The predicted octanol–water partition coefficient (Wildman–Crippen LogP) is 1.12. The lowest BCUT2D eigenvalue weighted by Crippen LogP contribution is -2.11. The summed E-state index contributed by atoms with van der Waals surface area (Å²) >= 11 is 2.12. The molecule has 0 unspecified atom stereocenters. The zero-order valence-electron chi connectivity index (χ0n) is 8.48. The van der Waals surface area contributed by atoms with Crippen LogP contribution in [0.3, 0.4) is 0 Å². The largest absolute Gasteiger partial charge is 0.474 e. The monoisotopic (exact) mass is 324 g/mol. The van der Waals surface area contributed by atoms with Gasteiger partial charge in [-0.25, -0.2) is 9.97 Å². The SMILES string of the molecule is COCCOCCOc1ncncc1I. The van der Waals surface area contributed by atoms with Crippen LogP contribution in [0.5, 0.6) is 5.88 Å². The van der Waals surface area contributed by atoms with Gasteiger partial charge in [0, 0.05) is 13.3 Å². The zero-order chi connectivity index (χ0) is 10.9. The molecule has 0 bridgehead atoms. The summed E-state index contributed by atoms with van der Waals surface area (Å²) in [5, 5.41) is 0. The van der Waals surface area contributed by atoms with Crippen molar-refractivity contribution in [2.75, 3.05) is 33.5 Å². The molecule has 0 aliphatic carbocycles. The molecular formula is C9H13IN2O3. The molecule has 0 aliphatic heterocycles. The molecule has 1 aromatic rings. The average molecular weight is 324 g/mol. The number of ether oxygens (including phenoxy) is 3. The third-order valence-electron chi connectivity index (χ3n) is 1.53. The van der Waals surface area contributed by atoms with E-state index >= 15 is 0 Å². The highest BCUT2D eigenvalue weighted by molar-refractivity contribution is 14.1. The smallest absolute Gasteiger partial charge is 0.230 e. The molecule has 6 heteroatoms. The fourth-order valence-electron chi connectivity index (χ4n) is 0.849. The van der Waals surface area contributed by atoms with Crippen LogP contribution in [-0.2, 0) is 9.47 Å². The van der Waals surface area contributed by atoms with E-state index in [1.54, 1.807) is 13.3 Å². The topological polar surface area (TPSA) is 53.5 Å². The van der Waals surface area contributed by atoms with Crippen molar-refractivity contribution < 1.29 is 14.2 Å². The first-order valence-corrected chi connectivity index (χ1v) is 5.57. The van der Waals surface area contributed by atoms with Gasteiger partial charge in [-0.15, -0.1) is 0 Å². The molecule has 0 fully saturated rings. The van der Waals surface area contributed by atoms with E-state index in [9.17, 15) is 0 Å². The Morgan fingerprint density at radius 2 is 2.07 bits per heavy atom. The Morgan fingerprint density at radius 3 is 2.80 bits per heavy atom. The summed E-state index contributed by atoms with van der Waals surface area (Å²) in [4.78, 5) is 7.86. The Balaban J connectivity index is 2.12. The van der Waals surface area contributed by atoms with Gasteiger partial charge in [0.25, 0.3) is 0 Å². The lowest BCUT2D eigenvalue weighted by molar-refractivity contribution is 0.0535. The standard InChI is InChI=1S/C9H13IN2O3/c1-13-2-3-14-4-5-15-9-8(10)6-11-7-12-9/h6-7H,2-5H2,1H3. The molecule has 1 aromatic heterocycles. The Labute approximate surface area is 102 Å². The van der Waals surface area contributed by atoms with Crippen molar-refractivity contribution in [2.24, 2.45) is 0 Å². The predicted molar refractivity (Wildman–Crippen MR) is 62.9 cm³/mol. The summed E-state index contributed by atoms with van der Waals surface area (Å²) in [5.74, 6) is 0.598. The molecule has 0 spiro atoms. The van der Waals surface area contributed by atoms with Gasteiger partial charge in [0.05, 0.1) is 23.4 Å². The number of halogens is 1. The maximum absolute atomic E-state index is 5.39. The molecule has 0 aromatic carbocycles. The van der Waals surface area contributed by atoms with Gasteiger partial charge in [-0.1, -0.05) is 0 Å². The number of rotatable bonds is 7. The second-order valence-corrected chi connectivity index (χ2v) is 3.79. The molecule has 15 heavy (non-hydrogen) atoms. The normalized spacial score (nSPS) is 10.3. The summed E-state index contributed by atoms with van der Waals surface area (Å²) < 4.78 is 16.4. The van der Waals surface area contributed by atoms with Gasteiger partial charge < -0.3 is 14.2 Å². The highest BCUT2D eigenvalue weighted by Gasteiger charge is 2.00. The molecule has 0 atom stereocenters. The quantitative estimate of drug-likeness (QED) is 0.556. The maximum atomic E-state index is 5.39. The van der Waals surface area contributed by atoms with Gasteiger partial charge in [0.15, 0.2) is 0 Å². The van der Waals surface area contributed by atoms with Crippen LogP contribution in [0.1, 0.15) is 0 Å². The molecule has 1 rings (SSSR count). The van der Waals surface area contributed by atoms with Gasteiger partial charge in [0.2, 0.25) is 5.88 Å². The van der Waals surface area contributed by atoms with Crippen LogP contribution in [-0.4, -0.2) is 43.5 Å². The van der Waals surface area contributed by atoms with Crippen molar-refractivity contribution >= 4 is 22.6 Å². The van der Waals surface area contributed by atoms with Crippen molar-refractivity contribution in [3.63, 3.8) is 0 Å². The van der Waals surface area contributed by atoms with Crippen molar-refractivity contribution in [2.45, 2.75) is 0 Å². The van der Waals surface area contributed by atoms with Gasteiger partial charge in [0.1, 0.15) is 12.9 Å². The Morgan fingerprint density at radius 1 is 1.27 bits per heavy atom. The Kier molecular flexibility index (Phi) is 6.53. The van der Waals surface area contributed by atoms with Crippen LogP contribution >= 0.6 is 22.6 Å². The van der Waals surface area contributed by atoms with Gasteiger partial charge in [-0.3, -0.25) is 0 Å². The first-order valence-electron chi connectivity index (χ1n) is 4.49. The lowest BCUT2D eigenvalue weighted by atomic mass is 10.6. The third kappa shape index (κ3) is 5.24. The minimum Gasteiger partial charge on any atom is -0.474 e. The molecule has 1 heterocycles. The van der Waals surface area contributed by atoms with E-state index in [0.717, 1.165) is 3.57 Å². The Bertz CT molecular complexity index is 286. The molecule has 0 radical (unpaired) electrons. The van der Waals surface area contributed by atoms with E-state index in [0.29, 0.717) is 32.3 Å². The van der Waals surface area contributed by atoms with Crippen molar-refractivity contribution in [1.29, 1.82) is 0 Å². The number of methoxy groups -OCH3 is 1. The number of aromatic nitrogens is 2. The molecular weight excluding hydrogens is 311 g/mol. The van der Waals surface area contributed by atoms with E-state index in [-0.39, 0.29) is 0 Å². The fraction of sp³-hybridized carbons (Fsp3) is 0.556. The molecule has 0 N–H and O–H groups in total. The van der Waals surface area contributed by atoms with E-state index < -0.39 is 0 Å². The van der Waals surface area contributed by atoms with Crippen LogP contribution in [0.25, 0.3) is 0 Å². The van der Waals surface area contributed by atoms with Crippen LogP contribution < -0.4 is 4.74 Å². The van der Waals surface area contributed by atoms with Crippen LogP contribution in [0, 0.1) is 3.57 Å². The summed E-state index contributed by atoms with van der Waals surface area (Å²) in [6.07, 6.45) is 3.16. The van der Waals surface area contributed by atoms with Crippen molar-refractivity contribution in [3.8, 4) is 5.88 Å². The highest BCUT2D eigenvalue weighted by atomic mass is 127. The fourth-order valence-corrected chi connectivity index (χ4v) is 1.31. The second kappa shape index (κ2) is 7.77. The molecule has 0 aliphatic rings. The van der Waals surface area contributed by atoms with E-state index in [1.165, 1.54) is 6.33 Å². The molecule has 0 saturated carbocycles. The molecule has 5 nitrogen and oxygen atoms in total. The zero-order valence-corrected chi connectivity index (χ0v) is 10.6. The van der Waals surface area contributed by atoms with E-state index in [4.69, 9.17) is 14.2 Å². The second-order valence-electron chi connectivity index (χ2n) is 2.63. The van der Waals surface area contributed by atoms with E-state index in [1.807, 2.05) is 0 Å². The molecule has 0 amide bonds. The number of hydrogen-bond donors (Lipinski definition) is 0. The van der Waals surface area contributed by atoms with Crippen LogP contribution in [0.2, 0.25) is 0 Å². The van der Waals surface area contributed by atoms with Gasteiger partial charge in [-0.05, 0) is 22.6 Å². The van der Waals surface area contributed by atoms with Crippen LogP contribution in [0.15, 0.2) is 12.5 Å². The lowest BCUT2D eigenvalue weighted by Gasteiger charge is -2.06. The average Bonchev–Trinajstić information content (AvgIpc) is 2.25. The third-order valence-corrected chi connectivity index (χ3v) is 2.27. The molecule has 84 valence electrons. The minimum atomic E-state index is 0.483. The van der Waals surface area contributed by atoms with Gasteiger partial charge in [-0.2, -0.15) is 0 Å². The number of hydrogen-bond acceptors (Lipinski definition) is 5. The van der Waals surface area contributed by atoms with Crippen molar-refractivity contribution in [1.82, 2.24) is 9.97 Å². The first-order chi connectivity index (χ1) is 7.34. The number of nitrogens with zero attached hydrogens (tertiary/aromatic N) is 2. The first kappa shape index (κ1) is 12.6. The summed E-state index contributed by atoms with van der Waals surface area (Å²) in [5.41, 5.74) is 0. The van der Waals surface area contributed by atoms with Crippen LogP contribution in [0.4, 0.5) is 0 Å². The summed E-state index contributed by atoms with van der Waals surface area (Å²) in [6, 6.07) is 0. The summed E-state index contributed by atoms with van der Waals surface area (Å²) in [6.45, 7) is 2.20.